The molecule has 180 valence electrons. The number of nitrogens with one attached hydrogen (secondary N) is 1. The van der Waals surface area contributed by atoms with Gasteiger partial charge in [0.2, 0.25) is 5.91 Å². The molecule has 7 heteroatoms. The van der Waals surface area contributed by atoms with Crippen LogP contribution in [0.3, 0.4) is 0 Å². The van der Waals surface area contributed by atoms with Crippen LogP contribution in [0.4, 0.5) is 0 Å². The average molecular weight is 493 g/mol. The Morgan fingerprint density at radius 2 is 1.70 bits per heavy atom. The van der Waals surface area contributed by atoms with Crippen molar-refractivity contribution in [2.24, 2.45) is 0 Å². The van der Waals surface area contributed by atoms with Gasteiger partial charge in [0.1, 0.15) is 11.8 Å². The number of ether oxygens (including phenoxy) is 1. The second-order valence-corrected chi connectivity index (χ2v) is 9.31. The van der Waals surface area contributed by atoms with Crippen LogP contribution in [0.5, 0.6) is 5.75 Å². The summed E-state index contributed by atoms with van der Waals surface area (Å²) >= 11 is 12.2. The molecule has 2 aromatic carbocycles. The summed E-state index contributed by atoms with van der Waals surface area (Å²) in [5.41, 5.74) is 1.82. The molecule has 0 aliphatic rings. The fraction of sp³-hybridized carbons (Fsp3) is 0.462. The highest BCUT2D eigenvalue weighted by Gasteiger charge is 2.29. The maximum absolute atomic E-state index is 13.4. The second kappa shape index (κ2) is 12.9. The van der Waals surface area contributed by atoms with Crippen molar-refractivity contribution in [1.29, 1.82) is 0 Å². The molecule has 2 atom stereocenters. The van der Waals surface area contributed by atoms with Crippen molar-refractivity contribution in [3.63, 3.8) is 0 Å². The molecule has 2 rings (SSSR count). The average Bonchev–Trinajstić information content (AvgIpc) is 2.79. The van der Waals surface area contributed by atoms with Crippen LogP contribution in [0.2, 0.25) is 10.0 Å². The number of benzene rings is 2. The molecular weight excluding hydrogens is 459 g/mol. The number of rotatable bonds is 11. The molecule has 0 radical (unpaired) electrons. The first-order valence-corrected chi connectivity index (χ1v) is 12.2. The first-order chi connectivity index (χ1) is 15.7. The molecule has 0 aliphatic heterocycles. The third-order valence-electron chi connectivity index (χ3n) is 5.62. The Kier molecular flexibility index (Phi) is 10.5. The van der Waals surface area contributed by atoms with Gasteiger partial charge in [-0.2, -0.15) is 0 Å². The number of nitrogens with zero attached hydrogens (tertiary/aromatic N) is 1. The third-order valence-corrected chi connectivity index (χ3v) is 6.36. The summed E-state index contributed by atoms with van der Waals surface area (Å²) < 4.78 is 5.93. The maximum Gasteiger partial charge on any atom is 0.261 e. The van der Waals surface area contributed by atoms with E-state index >= 15 is 0 Å². The monoisotopic (exact) mass is 492 g/mol. The van der Waals surface area contributed by atoms with Crippen LogP contribution < -0.4 is 10.1 Å². The van der Waals surface area contributed by atoms with Crippen LogP contribution >= 0.6 is 23.2 Å². The van der Waals surface area contributed by atoms with Gasteiger partial charge < -0.3 is 15.0 Å². The highest BCUT2D eigenvalue weighted by Crippen LogP contribution is 2.27. The summed E-state index contributed by atoms with van der Waals surface area (Å²) in [5, 5.41) is 3.84. The van der Waals surface area contributed by atoms with Crippen LogP contribution in [0.1, 0.15) is 64.5 Å². The lowest BCUT2D eigenvalue weighted by molar-refractivity contribution is -0.143. The minimum absolute atomic E-state index is 0.0163. The molecule has 2 aromatic rings. The molecule has 0 saturated heterocycles. The van der Waals surface area contributed by atoms with Crippen LogP contribution in [-0.4, -0.2) is 35.4 Å². The van der Waals surface area contributed by atoms with Crippen molar-refractivity contribution < 1.29 is 14.3 Å². The molecule has 5 nitrogen and oxygen atoms in total. The Hall–Kier alpha value is -2.24. The van der Waals surface area contributed by atoms with Gasteiger partial charge in [-0.15, -0.1) is 0 Å². The molecule has 2 unspecified atom stereocenters. The largest absolute Gasteiger partial charge is 0.483 e. The van der Waals surface area contributed by atoms with E-state index in [0.29, 0.717) is 22.2 Å². The van der Waals surface area contributed by atoms with Crippen LogP contribution in [0.25, 0.3) is 0 Å². The van der Waals surface area contributed by atoms with Gasteiger partial charge in [-0.05, 0) is 55.0 Å². The number of amides is 2. The fourth-order valence-corrected chi connectivity index (χ4v) is 3.83. The van der Waals surface area contributed by atoms with Crippen LogP contribution in [0.15, 0.2) is 42.5 Å². The van der Waals surface area contributed by atoms with Crippen molar-refractivity contribution >= 4 is 35.0 Å². The van der Waals surface area contributed by atoms with Crippen LogP contribution in [-0.2, 0) is 16.1 Å². The predicted molar refractivity (Wildman–Crippen MR) is 135 cm³/mol. The Bertz CT molecular complexity index is 949. The van der Waals surface area contributed by atoms with Crippen molar-refractivity contribution in [3.05, 3.63) is 63.6 Å². The zero-order valence-electron chi connectivity index (χ0n) is 20.0. The van der Waals surface area contributed by atoms with Crippen molar-refractivity contribution in [1.82, 2.24) is 10.2 Å². The summed E-state index contributed by atoms with van der Waals surface area (Å²) in [5.74, 6) is 0.481. The molecule has 0 aliphatic carbocycles. The number of hydrogen-bond acceptors (Lipinski definition) is 3. The van der Waals surface area contributed by atoms with Gasteiger partial charge in [0.15, 0.2) is 6.61 Å². The number of hydrogen-bond donors (Lipinski definition) is 1. The Balaban J connectivity index is 2.29. The van der Waals surface area contributed by atoms with E-state index in [4.69, 9.17) is 27.9 Å². The summed E-state index contributed by atoms with van der Waals surface area (Å²) in [6, 6.07) is 12.3. The fourth-order valence-electron chi connectivity index (χ4n) is 3.51. The zero-order valence-corrected chi connectivity index (χ0v) is 21.5. The molecule has 0 aromatic heterocycles. The van der Waals surface area contributed by atoms with Crippen molar-refractivity contribution in [2.75, 3.05) is 6.61 Å². The van der Waals surface area contributed by atoms with Gasteiger partial charge in [-0.25, -0.2) is 0 Å². The zero-order chi connectivity index (χ0) is 24.5. The molecule has 0 fully saturated rings. The summed E-state index contributed by atoms with van der Waals surface area (Å²) in [6.45, 7) is 10.0. The second-order valence-electron chi connectivity index (χ2n) is 8.49. The first kappa shape index (κ1) is 27.0. The summed E-state index contributed by atoms with van der Waals surface area (Å²) in [6.07, 6.45) is 1.27. The molecule has 2 amide bonds. The van der Waals surface area contributed by atoms with E-state index in [1.54, 1.807) is 17.0 Å². The molecule has 0 spiro atoms. The number of carbonyl (C=O) groups is 2. The van der Waals surface area contributed by atoms with Gasteiger partial charge in [0.25, 0.3) is 5.91 Å². The van der Waals surface area contributed by atoms with E-state index < -0.39 is 6.04 Å². The van der Waals surface area contributed by atoms with Gasteiger partial charge in [0.05, 0.1) is 10.0 Å². The van der Waals surface area contributed by atoms with Crippen LogP contribution in [0, 0.1) is 0 Å². The Morgan fingerprint density at radius 1 is 1.00 bits per heavy atom. The number of halogens is 2. The summed E-state index contributed by atoms with van der Waals surface area (Å²) in [7, 11) is 0. The maximum atomic E-state index is 13.4. The molecule has 0 bridgehead atoms. The van der Waals surface area contributed by atoms with Gasteiger partial charge in [-0.3, -0.25) is 9.59 Å². The first-order valence-electron chi connectivity index (χ1n) is 11.4. The Morgan fingerprint density at radius 3 is 2.30 bits per heavy atom. The molecule has 33 heavy (non-hydrogen) atoms. The van der Waals surface area contributed by atoms with Gasteiger partial charge in [0, 0.05) is 12.6 Å². The third kappa shape index (κ3) is 7.65. The van der Waals surface area contributed by atoms with E-state index in [2.05, 4.69) is 19.2 Å². The lowest BCUT2D eigenvalue weighted by Crippen LogP contribution is -2.51. The lowest BCUT2D eigenvalue weighted by Gasteiger charge is -2.31. The van der Waals surface area contributed by atoms with Gasteiger partial charge >= 0.3 is 0 Å². The van der Waals surface area contributed by atoms with E-state index in [0.717, 1.165) is 17.5 Å². The lowest BCUT2D eigenvalue weighted by atomic mass is 10.0. The standard InChI is InChI=1S/C26H34Cl2N2O3/c1-6-18(5)29-26(32)23(7-2)30(15-19-12-13-21(27)22(28)14-19)25(31)16-33-24-11-9-8-10-20(24)17(3)4/h8-14,17-18,23H,6-7,15-16H2,1-5H3,(H,29,32). The molecule has 0 heterocycles. The molecular formula is C26H34Cl2N2O3. The summed E-state index contributed by atoms with van der Waals surface area (Å²) in [4.78, 5) is 28.0. The normalized spacial score (nSPS) is 12.8. The minimum Gasteiger partial charge on any atom is -0.483 e. The van der Waals surface area contributed by atoms with Crippen molar-refractivity contribution in [2.45, 2.75) is 72.0 Å². The number of carbonyl (C=O) groups excluding carboxylic acids is 2. The van der Waals surface area contributed by atoms with E-state index in [9.17, 15) is 9.59 Å². The highest BCUT2D eigenvalue weighted by molar-refractivity contribution is 6.42. The molecule has 0 saturated carbocycles. The smallest absolute Gasteiger partial charge is 0.261 e. The number of para-hydroxylation sites is 1. The van der Waals surface area contributed by atoms with Crippen molar-refractivity contribution in [3.8, 4) is 5.75 Å². The predicted octanol–water partition coefficient (Wildman–Crippen LogP) is 6.22. The Labute approximate surface area is 207 Å². The minimum atomic E-state index is -0.634. The SMILES string of the molecule is CCC(C)NC(=O)C(CC)N(Cc1ccc(Cl)c(Cl)c1)C(=O)COc1ccccc1C(C)C. The van der Waals surface area contributed by atoms with E-state index in [1.807, 2.05) is 51.1 Å². The van der Waals surface area contributed by atoms with E-state index in [-0.39, 0.29) is 36.9 Å². The topological polar surface area (TPSA) is 58.6 Å². The van der Waals surface area contributed by atoms with Gasteiger partial charge in [-0.1, -0.05) is 75.2 Å². The molecule has 1 N–H and O–H groups in total. The van der Waals surface area contributed by atoms with E-state index in [1.165, 1.54) is 0 Å². The highest BCUT2D eigenvalue weighted by atomic mass is 35.5. The quantitative estimate of drug-likeness (QED) is 0.405.